The van der Waals surface area contributed by atoms with Crippen molar-refractivity contribution in [1.82, 2.24) is 4.31 Å². The number of hydrogen-bond donors (Lipinski definition) is 0. The molecular weight excluding hydrogens is 316 g/mol. The van der Waals surface area contributed by atoms with Gasteiger partial charge in [-0.2, -0.15) is 4.31 Å². The molecule has 1 rings (SSSR count). The van der Waals surface area contributed by atoms with E-state index in [9.17, 15) is 18.5 Å². The molecule has 0 amide bonds. The summed E-state index contributed by atoms with van der Waals surface area (Å²) in [7, 11) is -3.78. The van der Waals surface area contributed by atoms with Crippen LogP contribution in [0.4, 0.5) is 5.69 Å². The minimum atomic E-state index is -3.78. The number of benzene rings is 1. The molecule has 1 aromatic rings. The molecule has 0 aliphatic rings. The molecule has 6 nitrogen and oxygen atoms in total. The summed E-state index contributed by atoms with van der Waals surface area (Å²) in [4.78, 5) is 10.2. The molecule has 0 aromatic heterocycles. The summed E-state index contributed by atoms with van der Waals surface area (Å²) in [6, 6.07) is 2.35. The summed E-state index contributed by atoms with van der Waals surface area (Å²) in [5.41, 5.74) is -0.00533. The topological polar surface area (TPSA) is 80.5 Å². The number of nitrogens with zero attached hydrogens (tertiary/aromatic N) is 2. The average Bonchev–Trinajstić information content (AvgIpc) is 2.34. The Bertz CT molecular complexity index is 644. The van der Waals surface area contributed by atoms with Gasteiger partial charge in [0, 0.05) is 19.2 Å². The van der Waals surface area contributed by atoms with Crippen molar-refractivity contribution in [3.8, 4) is 0 Å². The molecule has 118 valence electrons. The van der Waals surface area contributed by atoms with Gasteiger partial charge in [0.2, 0.25) is 10.0 Å². The van der Waals surface area contributed by atoms with Gasteiger partial charge in [0.25, 0.3) is 5.69 Å². The number of sulfonamides is 1. The zero-order chi connectivity index (χ0) is 16.4. The van der Waals surface area contributed by atoms with Crippen LogP contribution < -0.4 is 0 Å². The van der Waals surface area contributed by atoms with E-state index in [1.807, 2.05) is 13.8 Å². The predicted molar refractivity (Wildman–Crippen MR) is 82.1 cm³/mol. The van der Waals surface area contributed by atoms with E-state index < -0.39 is 20.6 Å². The summed E-state index contributed by atoms with van der Waals surface area (Å²) in [6.45, 7) is 7.79. The van der Waals surface area contributed by atoms with E-state index in [0.29, 0.717) is 18.7 Å². The van der Waals surface area contributed by atoms with Gasteiger partial charge in [0.15, 0.2) is 0 Å². The fraction of sp³-hybridized carbons (Fsp3) is 0.538. The summed E-state index contributed by atoms with van der Waals surface area (Å²) in [6.07, 6.45) is 0. The number of rotatable bonds is 6. The summed E-state index contributed by atoms with van der Waals surface area (Å²) < 4.78 is 26.6. The molecule has 0 atom stereocenters. The highest BCUT2D eigenvalue weighted by molar-refractivity contribution is 7.89. The zero-order valence-corrected chi connectivity index (χ0v) is 14.0. The molecule has 0 radical (unpaired) electrons. The van der Waals surface area contributed by atoms with Crippen LogP contribution in [0.3, 0.4) is 0 Å². The molecule has 0 heterocycles. The van der Waals surface area contributed by atoms with Crippen LogP contribution in [-0.2, 0) is 10.0 Å². The fourth-order valence-corrected chi connectivity index (χ4v) is 4.13. The molecule has 0 bridgehead atoms. The first kappa shape index (κ1) is 17.9. The molecule has 0 aliphatic heterocycles. The Morgan fingerprint density at radius 1 is 1.38 bits per heavy atom. The zero-order valence-electron chi connectivity index (χ0n) is 12.5. The van der Waals surface area contributed by atoms with Gasteiger partial charge in [-0.1, -0.05) is 32.4 Å². The van der Waals surface area contributed by atoms with Gasteiger partial charge in [-0.05, 0) is 24.5 Å². The summed E-state index contributed by atoms with van der Waals surface area (Å²) >= 11 is 5.79. The molecule has 1 aromatic carbocycles. The molecule has 8 heteroatoms. The van der Waals surface area contributed by atoms with Crippen molar-refractivity contribution in [3.05, 3.63) is 32.8 Å². The Morgan fingerprint density at radius 2 is 1.95 bits per heavy atom. The van der Waals surface area contributed by atoms with E-state index in [-0.39, 0.29) is 15.8 Å². The van der Waals surface area contributed by atoms with Crippen LogP contribution >= 0.6 is 11.6 Å². The Kier molecular flexibility index (Phi) is 5.72. The first-order valence-corrected chi connectivity index (χ1v) is 8.37. The third-order valence-electron chi connectivity index (χ3n) is 2.98. The van der Waals surface area contributed by atoms with E-state index >= 15 is 0 Å². The number of nitro groups is 1. The molecule has 0 aliphatic carbocycles. The van der Waals surface area contributed by atoms with E-state index in [2.05, 4.69) is 0 Å². The SMILES string of the molecule is CCN(CC(C)C)S(=O)(=O)c1cc([N+](=O)[O-])c(Cl)cc1C. The molecule has 0 N–H and O–H groups in total. The van der Waals surface area contributed by atoms with Crippen molar-refractivity contribution in [2.24, 2.45) is 5.92 Å². The van der Waals surface area contributed by atoms with E-state index in [0.717, 1.165) is 6.07 Å². The minimum Gasteiger partial charge on any atom is -0.258 e. The number of nitro benzene ring substituents is 1. The largest absolute Gasteiger partial charge is 0.289 e. The normalized spacial score (nSPS) is 12.1. The molecule has 0 spiro atoms. The standard InChI is InChI=1S/C13H19ClN2O4S/c1-5-15(8-9(2)3)21(19,20)13-7-12(16(17)18)11(14)6-10(13)4/h6-7,9H,5,8H2,1-4H3. The smallest absolute Gasteiger partial charge is 0.258 e. The Labute approximate surface area is 129 Å². The second-order valence-corrected chi connectivity index (χ2v) is 7.49. The highest BCUT2D eigenvalue weighted by Crippen LogP contribution is 2.31. The maximum absolute atomic E-state index is 12.7. The Morgan fingerprint density at radius 3 is 2.38 bits per heavy atom. The summed E-state index contributed by atoms with van der Waals surface area (Å²) in [5.74, 6) is 0.155. The highest BCUT2D eigenvalue weighted by Gasteiger charge is 2.28. The molecule has 0 unspecified atom stereocenters. The quantitative estimate of drug-likeness (QED) is 0.591. The first-order chi connectivity index (χ1) is 9.61. The maximum atomic E-state index is 12.7. The van der Waals surface area contributed by atoms with Crippen molar-refractivity contribution >= 4 is 27.3 Å². The molecule has 0 fully saturated rings. The third kappa shape index (κ3) is 3.93. The van der Waals surface area contributed by atoms with Crippen LogP contribution in [0.5, 0.6) is 0 Å². The first-order valence-electron chi connectivity index (χ1n) is 6.55. The number of aryl methyl sites for hydroxylation is 1. The Balaban J connectivity index is 3.43. The van der Waals surface area contributed by atoms with Crippen LogP contribution in [0.25, 0.3) is 0 Å². The van der Waals surface area contributed by atoms with Crippen LogP contribution in [0.2, 0.25) is 5.02 Å². The second-order valence-electron chi connectivity index (χ2n) is 5.18. The van der Waals surface area contributed by atoms with Crippen molar-refractivity contribution in [2.75, 3.05) is 13.1 Å². The monoisotopic (exact) mass is 334 g/mol. The molecule has 0 saturated heterocycles. The lowest BCUT2D eigenvalue weighted by Crippen LogP contribution is -2.34. The van der Waals surface area contributed by atoms with Gasteiger partial charge in [-0.15, -0.1) is 0 Å². The van der Waals surface area contributed by atoms with Crippen molar-refractivity contribution in [2.45, 2.75) is 32.6 Å². The van der Waals surface area contributed by atoms with Gasteiger partial charge in [0.05, 0.1) is 9.82 Å². The lowest BCUT2D eigenvalue weighted by atomic mass is 10.2. The fourth-order valence-electron chi connectivity index (χ4n) is 2.00. The highest BCUT2D eigenvalue weighted by atomic mass is 35.5. The number of halogens is 1. The van der Waals surface area contributed by atoms with Gasteiger partial charge in [-0.25, -0.2) is 8.42 Å². The van der Waals surface area contributed by atoms with E-state index in [4.69, 9.17) is 11.6 Å². The lowest BCUT2D eigenvalue weighted by molar-refractivity contribution is -0.384. The molecule has 0 saturated carbocycles. The van der Waals surface area contributed by atoms with Crippen molar-refractivity contribution in [1.29, 1.82) is 0 Å². The maximum Gasteiger partial charge on any atom is 0.289 e. The number of hydrogen-bond acceptors (Lipinski definition) is 4. The van der Waals surface area contributed by atoms with Crippen molar-refractivity contribution < 1.29 is 13.3 Å². The van der Waals surface area contributed by atoms with Gasteiger partial charge < -0.3 is 0 Å². The van der Waals surface area contributed by atoms with Crippen LogP contribution in [0, 0.1) is 23.0 Å². The summed E-state index contributed by atoms with van der Waals surface area (Å²) in [5, 5.41) is 10.9. The molecule has 21 heavy (non-hydrogen) atoms. The average molecular weight is 335 g/mol. The van der Waals surface area contributed by atoms with Crippen LogP contribution in [-0.4, -0.2) is 30.7 Å². The van der Waals surface area contributed by atoms with Crippen molar-refractivity contribution in [3.63, 3.8) is 0 Å². The van der Waals surface area contributed by atoms with E-state index in [1.165, 1.54) is 10.4 Å². The van der Waals surface area contributed by atoms with Crippen LogP contribution in [0.1, 0.15) is 26.3 Å². The Hall–Kier alpha value is -1.18. The lowest BCUT2D eigenvalue weighted by Gasteiger charge is -2.23. The third-order valence-corrected chi connectivity index (χ3v) is 5.37. The molecular formula is C13H19ClN2O4S. The minimum absolute atomic E-state index is 0.0663. The van der Waals surface area contributed by atoms with Gasteiger partial charge in [-0.3, -0.25) is 10.1 Å². The van der Waals surface area contributed by atoms with Crippen LogP contribution in [0.15, 0.2) is 17.0 Å². The predicted octanol–water partition coefficient (Wildman–Crippen LogP) is 3.22. The second kappa shape index (κ2) is 6.72. The van der Waals surface area contributed by atoms with Gasteiger partial charge >= 0.3 is 0 Å². The van der Waals surface area contributed by atoms with E-state index in [1.54, 1.807) is 13.8 Å². The van der Waals surface area contributed by atoms with Gasteiger partial charge in [0.1, 0.15) is 5.02 Å².